The molecule has 0 radical (unpaired) electrons. The fourth-order valence-electron chi connectivity index (χ4n) is 3.06. The van der Waals surface area contributed by atoms with Gasteiger partial charge in [0, 0.05) is 21.2 Å². The first kappa shape index (κ1) is 26.9. The summed E-state index contributed by atoms with van der Waals surface area (Å²) in [6, 6.07) is 13.8. The normalized spacial score (nSPS) is 10.8. The summed E-state index contributed by atoms with van der Waals surface area (Å²) in [7, 11) is 3.07. The fraction of sp³-hybridized carbons (Fsp3) is 0.200. The van der Waals surface area contributed by atoms with Crippen LogP contribution in [0.4, 0.5) is 0 Å². The molecular formula is C25H23Cl2IN2O5. The highest BCUT2D eigenvalue weighted by molar-refractivity contribution is 14.1. The van der Waals surface area contributed by atoms with Crippen molar-refractivity contribution in [2.45, 2.75) is 13.5 Å². The van der Waals surface area contributed by atoms with Crippen LogP contribution >= 0.6 is 45.8 Å². The van der Waals surface area contributed by atoms with E-state index in [1.54, 1.807) is 43.5 Å². The van der Waals surface area contributed by atoms with Gasteiger partial charge in [-0.05, 0) is 77.5 Å². The van der Waals surface area contributed by atoms with Crippen LogP contribution in [0.3, 0.4) is 0 Å². The first-order chi connectivity index (χ1) is 16.9. The number of rotatable bonds is 10. The zero-order chi connectivity index (χ0) is 25.4. The third-order valence-electron chi connectivity index (χ3n) is 4.74. The molecule has 10 heteroatoms. The van der Waals surface area contributed by atoms with E-state index in [1.165, 1.54) is 13.3 Å². The number of carbonyl (C=O) groups excluding carboxylic acids is 1. The van der Waals surface area contributed by atoms with Crippen LogP contribution in [0.1, 0.15) is 28.4 Å². The summed E-state index contributed by atoms with van der Waals surface area (Å²) < 4.78 is 23.0. The molecule has 3 rings (SSSR count). The van der Waals surface area contributed by atoms with Crippen LogP contribution in [-0.4, -0.2) is 32.9 Å². The maximum absolute atomic E-state index is 12.5. The van der Waals surface area contributed by atoms with Gasteiger partial charge < -0.3 is 18.9 Å². The summed E-state index contributed by atoms with van der Waals surface area (Å²) in [5, 5.41) is 5.15. The molecule has 0 aliphatic rings. The Morgan fingerprint density at radius 2 is 1.77 bits per heavy atom. The number of carbonyl (C=O) groups is 1. The summed E-state index contributed by atoms with van der Waals surface area (Å²) in [6.45, 7) is 2.61. The number of methoxy groups -OCH3 is 2. The Hall–Kier alpha value is -2.69. The molecule has 0 bridgehead atoms. The van der Waals surface area contributed by atoms with Crippen LogP contribution in [0.15, 0.2) is 53.6 Å². The van der Waals surface area contributed by atoms with Crippen LogP contribution in [0, 0.1) is 3.57 Å². The molecule has 0 aliphatic heterocycles. The van der Waals surface area contributed by atoms with Crippen molar-refractivity contribution in [3.63, 3.8) is 0 Å². The Kier molecular flexibility index (Phi) is 9.88. The van der Waals surface area contributed by atoms with Gasteiger partial charge in [0.25, 0.3) is 5.91 Å². The second kappa shape index (κ2) is 12.9. The predicted molar refractivity (Wildman–Crippen MR) is 146 cm³/mol. The van der Waals surface area contributed by atoms with Gasteiger partial charge in [0.2, 0.25) is 0 Å². The first-order valence-electron chi connectivity index (χ1n) is 10.4. The number of nitrogens with zero attached hydrogens (tertiary/aromatic N) is 1. The first-order valence-corrected chi connectivity index (χ1v) is 12.3. The summed E-state index contributed by atoms with van der Waals surface area (Å²) in [5.41, 5.74) is 4.42. The Morgan fingerprint density at radius 1 is 1.00 bits per heavy atom. The van der Waals surface area contributed by atoms with Gasteiger partial charge in [-0.25, -0.2) is 5.43 Å². The van der Waals surface area contributed by atoms with E-state index >= 15 is 0 Å². The van der Waals surface area contributed by atoms with E-state index in [4.69, 9.17) is 42.1 Å². The van der Waals surface area contributed by atoms with Gasteiger partial charge in [-0.15, -0.1) is 0 Å². The van der Waals surface area contributed by atoms with E-state index in [0.29, 0.717) is 50.8 Å². The van der Waals surface area contributed by atoms with Crippen molar-refractivity contribution >= 4 is 57.9 Å². The van der Waals surface area contributed by atoms with Crippen molar-refractivity contribution in [1.82, 2.24) is 5.43 Å². The molecule has 1 N–H and O–H groups in total. The highest BCUT2D eigenvalue weighted by atomic mass is 127. The van der Waals surface area contributed by atoms with E-state index in [0.717, 1.165) is 9.13 Å². The lowest BCUT2D eigenvalue weighted by molar-refractivity contribution is 0.0954. The largest absolute Gasteiger partial charge is 0.493 e. The molecular weight excluding hydrogens is 606 g/mol. The molecule has 7 nitrogen and oxygen atoms in total. The second-order valence-electron chi connectivity index (χ2n) is 7.06. The van der Waals surface area contributed by atoms with Crippen molar-refractivity contribution in [3.05, 3.63) is 78.8 Å². The van der Waals surface area contributed by atoms with Crippen molar-refractivity contribution in [1.29, 1.82) is 0 Å². The van der Waals surface area contributed by atoms with Gasteiger partial charge in [-0.3, -0.25) is 4.79 Å². The zero-order valence-electron chi connectivity index (χ0n) is 19.2. The predicted octanol–water partition coefficient (Wildman–Crippen LogP) is 6.36. The molecule has 3 aromatic rings. The van der Waals surface area contributed by atoms with E-state index in [9.17, 15) is 4.79 Å². The van der Waals surface area contributed by atoms with Crippen LogP contribution < -0.4 is 24.4 Å². The lowest BCUT2D eigenvalue weighted by atomic mass is 10.2. The van der Waals surface area contributed by atoms with Gasteiger partial charge in [-0.1, -0.05) is 29.3 Å². The Balaban J connectivity index is 1.69. The van der Waals surface area contributed by atoms with E-state index in [1.807, 2.05) is 19.1 Å². The second-order valence-corrected chi connectivity index (χ2v) is 9.06. The summed E-state index contributed by atoms with van der Waals surface area (Å²) in [5.74, 6) is 1.74. The number of nitrogens with one attached hydrogen (secondary N) is 1. The third kappa shape index (κ3) is 7.16. The SMILES string of the molecule is CCOc1ccc(C(=O)N/N=C/c2cc(I)c(OCc3ccc(Cl)cc3Cl)c(OC)c2)cc1OC. The molecule has 1 amide bonds. The molecule has 3 aromatic carbocycles. The number of hydrogen-bond acceptors (Lipinski definition) is 6. The minimum atomic E-state index is -0.385. The van der Waals surface area contributed by atoms with E-state index < -0.39 is 0 Å². The number of hydrazone groups is 1. The quantitative estimate of drug-likeness (QED) is 0.161. The van der Waals surface area contributed by atoms with E-state index in [2.05, 4.69) is 33.1 Å². The van der Waals surface area contributed by atoms with Crippen LogP contribution in [0.25, 0.3) is 0 Å². The summed E-state index contributed by atoms with van der Waals surface area (Å²) in [4.78, 5) is 12.5. The van der Waals surface area contributed by atoms with Gasteiger partial charge in [0.1, 0.15) is 6.61 Å². The lowest BCUT2D eigenvalue weighted by Crippen LogP contribution is -2.17. The summed E-state index contributed by atoms with van der Waals surface area (Å²) >= 11 is 14.3. The van der Waals surface area contributed by atoms with Gasteiger partial charge >= 0.3 is 0 Å². The Bertz CT molecular complexity index is 1240. The van der Waals surface area contributed by atoms with Crippen molar-refractivity contribution in [2.75, 3.05) is 20.8 Å². The maximum atomic E-state index is 12.5. The monoisotopic (exact) mass is 628 g/mol. The van der Waals surface area contributed by atoms with Gasteiger partial charge in [0.15, 0.2) is 23.0 Å². The maximum Gasteiger partial charge on any atom is 0.271 e. The van der Waals surface area contributed by atoms with Crippen LogP contribution in [0.2, 0.25) is 10.0 Å². The van der Waals surface area contributed by atoms with Gasteiger partial charge in [0.05, 0.1) is 30.6 Å². The zero-order valence-corrected chi connectivity index (χ0v) is 22.9. The topological polar surface area (TPSA) is 78.4 Å². The van der Waals surface area contributed by atoms with Gasteiger partial charge in [-0.2, -0.15) is 5.10 Å². The average molecular weight is 629 g/mol. The molecule has 0 saturated heterocycles. The smallest absolute Gasteiger partial charge is 0.271 e. The van der Waals surface area contributed by atoms with Crippen molar-refractivity contribution in [3.8, 4) is 23.0 Å². The molecule has 184 valence electrons. The standard InChI is InChI=1S/C25H23Cl2IN2O5/c1-4-34-21-8-6-16(11-22(21)32-2)25(31)30-29-13-15-9-20(28)24(23(10-15)33-3)35-14-17-5-7-18(26)12-19(17)27/h5-13H,4,14H2,1-3H3,(H,30,31)/b29-13+. The Labute approximate surface area is 227 Å². The van der Waals surface area contributed by atoms with Crippen LogP contribution in [-0.2, 0) is 6.61 Å². The molecule has 0 aromatic heterocycles. The molecule has 0 aliphatic carbocycles. The minimum Gasteiger partial charge on any atom is -0.493 e. The molecule has 0 spiro atoms. The van der Waals surface area contributed by atoms with Crippen molar-refractivity contribution in [2.24, 2.45) is 5.10 Å². The third-order valence-corrected chi connectivity index (χ3v) is 6.13. The van der Waals surface area contributed by atoms with E-state index in [-0.39, 0.29) is 12.5 Å². The number of amides is 1. The lowest BCUT2D eigenvalue weighted by Gasteiger charge is -2.14. The molecule has 0 fully saturated rings. The fourth-order valence-corrected chi connectivity index (χ4v) is 4.30. The average Bonchev–Trinajstić information content (AvgIpc) is 2.84. The number of benzene rings is 3. The molecule has 0 heterocycles. The Morgan fingerprint density at radius 3 is 2.46 bits per heavy atom. The van der Waals surface area contributed by atoms with Crippen LogP contribution in [0.5, 0.6) is 23.0 Å². The molecule has 0 unspecified atom stereocenters. The molecule has 35 heavy (non-hydrogen) atoms. The minimum absolute atomic E-state index is 0.247. The highest BCUT2D eigenvalue weighted by Crippen LogP contribution is 2.35. The highest BCUT2D eigenvalue weighted by Gasteiger charge is 2.13. The number of hydrogen-bond donors (Lipinski definition) is 1. The number of ether oxygens (including phenoxy) is 4. The number of halogens is 3. The molecule has 0 saturated carbocycles. The molecule has 0 atom stereocenters. The van der Waals surface area contributed by atoms with Crippen molar-refractivity contribution < 1.29 is 23.7 Å². The summed E-state index contributed by atoms with van der Waals surface area (Å²) in [6.07, 6.45) is 1.52.